The monoisotopic (exact) mass is 221 g/mol. The Hall–Kier alpha value is -1.71. The van der Waals surface area contributed by atoms with Crippen molar-refractivity contribution in [2.45, 2.75) is 32.1 Å². The van der Waals surface area contributed by atoms with Crippen LogP contribution >= 0.6 is 0 Å². The van der Waals surface area contributed by atoms with Gasteiger partial charge in [-0.25, -0.2) is 0 Å². The minimum atomic E-state index is -0.230. The lowest BCUT2D eigenvalue weighted by Gasteiger charge is -2.33. The highest BCUT2D eigenvalue weighted by Crippen LogP contribution is 2.44. The molecule has 2 rings (SSSR count). The molecule has 3 N–H and O–H groups in total. The lowest BCUT2D eigenvalue weighted by molar-refractivity contribution is 0.314. The summed E-state index contributed by atoms with van der Waals surface area (Å²) >= 11 is 0. The normalized spacial score (nSPS) is 20.8. The first-order valence-electron chi connectivity index (χ1n) is 5.24. The van der Waals surface area contributed by atoms with E-state index in [9.17, 15) is 10.2 Å². The van der Waals surface area contributed by atoms with E-state index in [1.807, 2.05) is 13.8 Å². The van der Waals surface area contributed by atoms with Crippen LogP contribution in [0.5, 0.6) is 11.5 Å². The first-order chi connectivity index (χ1) is 7.47. The van der Waals surface area contributed by atoms with Crippen LogP contribution < -0.4 is 0 Å². The smallest absolute Gasteiger partial charge is 0.125 e. The molecule has 0 unspecified atom stereocenters. The Morgan fingerprint density at radius 3 is 2.44 bits per heavy atom. The molecule has 16 heavy (non-hydrogen) atoms. The average Bonchev–Trinajstić information content (AvgIpc) is 2.23. The molecule has 1 aromatic carbocycles. The van der Waals surface area contributed by atoms with Crippen LogP contribution in [-0.2, 0) is 5.41 Å². The van der Waals surface area contributed by atoms with Crippen molar-refractivity contribution in [2.75, 3.05) is 0 Å². The van der Waals surface area contributed by atoms with E-state index in [2.05, 4.69) is 5.16 Å². The van der Waals surface area contributed by atoms with E-state index in [1.165, 1.54) is 12.1 Å². The maximum Gasteiger partial charge on any atom is 0.125 e. The van der Waals surface area contributed by atoms with Gasteiger partial charge in [-0.1, -0.05) is 19.0 Å². The topological polar surface area (TPSA) is 73.1 Å². The zero-order valence-corrected chi connectivity index (χ0v) is 9.36. The number of fused-ring (bicyclic) bond motifs is 1. The lowest BCUT2D eigenvalue weighted by atomic mass is 9.71. The molecule has 0 spiro atoms. The predicted molar refractivity (Wildman–Crippen MR) is 60.4 cm³/mol. The van der Waals surface area contributed by atoms with E-state index in [-0.39, 0.29) is 16.9 Å². The van der Waals surface area contributed by atoms with Gasteiger partial charge in [0.1, 0.15) is 11.5 Å². The quantitative estimate of drug-likeness (QED) is 0.357. The van der Waals surface area contributed by atoms with Gasteiger partial charge in [0.05, 0.1) is 5.71 Å². The minimum absolute atomic E-state index is 0.0494. The van der Waals surface area contributed by atoms with Crippen LogP contribution in [-0.4, -0.2) is 21.1 Å². The molecule has 0 aliphatic heterocycles. The number of phenolic OH excluding ortho intramolecular Hbond substituents is 2. The highest BCUT2D eigenvalue weighted by Gasteiger charge is 2.35. The molecule has 1 aliphatic rings. The van der Waals surface area contributed by atoms with Crippen molar-refractivity contribution in [3.63, 3.8) is 0 Å². The summed E-state index contributed by atoms with van der Waals surface area (Å²) in [6.07, 6.45) is 1.37. The highest BCUT2D eigenvalue weighted by molar-refractivity contribution is 6.05. The number of phenols is 2. The first kappa shape index (κ1) is 10.8. The van der Waals surface area contributed by atoms with Crippen molar-refractivity contribution in [1.82, 2.24) is 0 Å². The van der Waals surface area contributed by atoms with Crippen molar-refractivity contribution < 1.29 is 15.4 Å². The Balaban J connectivity index is 2.78. The predicted octanol–water partition coefficient (Wildman–Crippen LogP) is 2.35. The van der Waals surface area contributed by atoms with Crippen LogP contribution in [0.3, 0.4) is 0 Å². The summed E-state index contributed by atoms with van der Waals surface area (Å²) in [5, 5.41) is 31.8. The summed E-state index contributed by atoms with van der Waals surface area (Å²) in [4.78, 5) is 0. The Morgan fingerprint density at radius 1 is 1.19 bits per heavy atom. The average molecular weight is 221 g/mol. The maximum atomic E-state index is 9.88. The molecule has 0 saturated carbocycles. The van der Waals surface area contributed by atoms with Crippen molar-refractivity contribution in [1.29, 1.82) is 0 Å². The molecule has 0 amide bonds. The zero-order chi connectivity index (χ0) is 11.9. The van der Waals surface area contributed by atoms with Crippen LogP contribution in [0.4, 0.5) is 0 Å². The highest BCUT2D eigenvalue weighted by atomic mass is 16.4. The number of hydrogen-bond donors (Lipinski definition) is 3. The third-order valence-corrected chi connectivity index (χ3v) is 3.23. The van der Waals surface area contributed by atoms with Gasteiger partial charge in [-0.15, -0.1) is 0 Å². The van der Waals surface area contributed by atoms with E-state index in [0.29, 0.717) is 23.3 Å². The fourth-order valence-electron chi connectivity index (χ4n) is 2.34. The molecule has 86 valence electrons. The molecule has 1 aliphatic carbocycles. The molecule has 0 fully saturated rings. The molecule has 4 nitrogen and oxygen atoms in total. The van der Waals surface area contributed by atoms with E-state index >= 15 is 0 Å². The Labute approximate surface area is 93.8 Å². The third-order valence-electron chi connectivity index (χ3n) is 3.23. The van der Waals surface area contributed by atoms with Crippen molar-refractivity contribution >= 4 is 5.71 Å². The summed E-state index contributed by atoms with van der Waals surface area (Å²) in [6, 6.07) is 2.89. The summed E-state index contributed by atoms with van der Waals surface area (Å²) in [5.41, 5.74) is 1.33. The molecule has 0 aromatic heterocycles. The van der Waals surface area contributed by atoms with Crippen molar-refractivity contribution in [2.24, 2.45) is 5.16 Å². The van der Waals surface area contributed by atoms with E-state index in [4.69, 9.17) is 5.21 Å². The van der Waals surface area contributed by atoms with Crippen molar-refractivity contribution in [3.8, 4) is 11.5 Å². The minimum Gasteiger partial charge on any atom is -0.508 e. The van der Waals surface area contributed by atoms with E-state index in [1.54, 1.807) is 0 Å². The second-order valence-corrected chi connectivity index (χ2v) is 4.78. The number of aromatic hydroxyl groups is 2. The SMILES string of the molecule is CC1(C)CC/C(=N\O)c2c(O)ccc(O)c21. The van der Waals surface area contributed by atoms with Crippen LogP contribution in [0.1, 0.15) is 37.8 Å². The summed E-state index contributed by atoms with van der Waals surface area (Å²) < 4.78 is 0. The summed E-state index contributed by atoms with van der Waals surface area (Å²) in [7, 11) is 0. The van der Waals surface area contributed by atoms with E-state index < -0.39 is 0 Å². The van der Waals surface area contributed by atoms with Gasteiger partial charge in [-0.05, 0) is 30.4 Å². The fraction of sp³-hybridized carbons (Fsp3) is 0.417. The molecular weight excluding hydrogens is 206 g/mol. The Morgan fingerprint density at radius 2 is 1.81 bits per heavy atom. The molecule has 0 atom stereocenters. The van der Waals surface area contributed by atoms with Crippen molar-refractivity contribution in [3.05, 3.63) is 23.3 Å². The number of rotatable bonds is 0. The maximum absolute atomic E-state index is 9.88. The molecule has 0 heterocycles. The standard InChI is InChI=1S/C12H15NO3/c1-12(2)6-5-7(13-16)10-8(14)3-4-9(15)11(10)12/h3-4,14-16H,5-6H2,1-2H3/b13-7+. The van der Waals surface area contributed by atoms with Crippen LogP contribution in [0.25, 0.3) is 0 Å². The number of benzene rings is 1. The summed E-state index contributed by atoms with van der Waals surface area (Å²) in [6.45, 7) is 4.00. The summed E-state index contributed by atoms with van der Waals surface area (Å²) in [5.74, 6) is 0.187. The fourth-order valence-corrected chi connectivity index (χ4v) is 2.34. The lowest BCUT2D eigenvalue weighted by Crippen LogP contribution is -2.27. The van der Waals surface area contributed by atoms with E-state index in [0.717, 1.165) is 6.42 Å². The van der Waals surface area contributed by atoms with Gasteiger partial charge in [-0.3, -0.25) is 0 Å². The van der Waals surface area contributed by atoms with Crippen LogP contribution in [0, 0.1) is 0 Å². The largest absolute Gasteiger partial charge is 0.508 e. The first-order valence-corrected chi connectivity index (χ1v) is 5.24. The zero-order valence-electron chi connectivity index (χ0n) is 9.36. The molecule has 1 aromatic rings. The molecule has 4 heteroatoms. The Bertz CT molecular complexity index is 464. The van der Waals surface area contributed by atoms with Gasteiger partial charge in [-0.2, -0.15) is 0 Å². The third kappa shape index (κ3) is 1.41. The van der Waals surface area contributed by atoms with Gasteiger partial charge >= 0.3 is 0 Å². The van der Waals surface area contributed by atoms with Gasteiger partial charge in [0.2, 0.25) is 0 Å². The van der Waals surface area contributed by atoms with Gasteiger partial charge < -0.3 is 15.4 Å². The molecule has 0 bridgehead atoms. The second-order valence-electron chi connectivity index (χ2n) is 4.78. The molecule has 0 saturated heterocycles. The number of nitrogens with zero attached hydrogens (tertiary/aromatic N) is 1. The number of hydrogen-bond acceptors (Lipinski definition) is 4. The van der Waals surface area contributed by atoms with Crippen LogP contribution in [0.15, 0.2) is 17.3 Å². The second kappa shape index (κ2) is 3.40. The van der Waals surface area contributed by atoms with Crippen LogP contribution in [0.2, 0.25) is 0 Å². The number of oxime groups is 1. The molecule has 0 radical (unpaired) electrons. The molecular formula is C12H15NO3. The Kier molecular flexibility index (Phi) is 2.30. The van der Waals surface area contributed by atoms with Gasteiger partial charge in [0.15, 0.2) is 0 Å². The van der Waals surface area contributed by atoms with Gasteiger partial charge in [0.25, 0.3) is 0 Å². The van der Waals surface area contributed by atoms with Gasteiger partial charge in [0, 0.05) is 11.1 Å².